The van der Waals surface area contributed by atoms with Gasteiger partial charge in [-0.2, -0.15) is 0 Å². The molecule has 8 nitrogen and oxygen atoms in total. The van der Waals surface area contributed by atoms with Gasteiger partial charge in [0.1, 0.15) is 5.82 Å². The highest BCUT2D eigenvalue weighted by Gasteiger charge is 2.25. The minimum atomic E-state index is 0.0311. The van der Waals surface area contributed by atoms with Crippen LogP contribution in [0.4, 0.5) is 0 Å². The normalized spacial score (nSPS) is 16.1. The molecule has 0 saturated carbocycles. The van der Waals surface area contributed by atoms with Gasteiger partial charge in [-0.15, -0.1) is 10.2 Å². The Balaban J connectivity index is 1.27. The van der Waals surface area contributed by atoms with Crippen LogP contribution in [0, 0.1) is 19.8 Å². The number of aromatic amines is 1. The molecule has 0 unspecified atom stereocenters. The van der Waals surface area contributed by atoms with Crippen LogP contribution in [0.25, 0.3) is 11.0 Å². The van der Waals surface area contributed by atoms with Gasteiger partial charge >= 0.3 is 0 Å². The van der Waals surface area contributed by atoms with Crippen LogP contribution in [-0.2, 0) is 17.9 Å². The number of H-pyrrole nitrogens is 1. The largest absolute Gasteiger partial charge is 0.424 e. The van der Waals surface area contributed by atoms with E-state index in [9.17, 15) is 4.79 Å². The van der Waals surface area contributed by atoms with Crippen molar-refractivity contribution >= 4 is 16.9 Å². The van der Waals surface area contributed by atoms with Gasteiger partial charge in [0.25, 0.3) is 0 Å². The lowest BCUT2D eigenvalue weighted by Gasteiger charge is -2.30. The van der Waals surface area contributed by atoms with E-state index in [0.29, 0.717) is 11.8 Å². The molecule has 2 aromatic heterocycles. The zero-order valence-electron chi connectivity index (χ0n) is 15.7. The van der Waals surface area contributed by atoms with Crippen LogP contribution < -0.4 is 5.32 Å². The van der Waals surface area contributed by atoms with E-state index in [1.165, 1.54) is 5.56 Å². The summed E-state index contributed by atoms with van der Waals surface area (Å²) in [6.07, 6.45) is 1.68. The average molecular weight is 368 g/mol. The Bertz CT molecular complexity index is 939. The smallest absolute Gasteiger partial charge is 0.235 e. The van der Waals surface area contributed by atoms with Crippen molar-refractivity contribution in [1.82, 2.24) is 30.4 Å². The molecule has 2 N–H and O–H groups in total. The number of hydrogen-bond donors (Lipinski definition) is 2. The Hall–Kier alpha value is -2.74. The topological polar surface area (TPSA) is 99.9 Å². The van der Waals surface area contributed by atoms with Crippen molar-refractivity contribution in [1.29, 1.82) is 0 Å². The number of rotatable bonds is 5. The summed E-state index contributed by atoms with van der Waals surface area (Å²) in [7, 11) is 0. The number of likely N-dealkylation sites (tertiary alicyclic amines) is 1. The molecule has 1 fully saturated rings. The Morgan fingerprint density at radius 3 is 2.85 bits per heavy atom. The monoisotopic (exact) mass is 368 g/mol. The molecule has 3 heterocycles. The fourth-order valence-corrected chi connectivity index (χ4v) is 3.53. The number of fused-ring (bicyclic) bond motifs is 1. The summed E-state index contributed by atoms with van der Waals surface area (Å²) in [6.45, 7) is 6.65. The van der Waals surface area contributed by atoms with E-state index in [2.05, 4.69) is 49.4 Å². The number of carbonyl (C=O) groups excluding carboxylic acids is 1. The van der Waals surface area contributed by atoms with Crippen LogP contribution in [-0.4, -0.2) is 44.1 Å². The maximum atomic E-state index is 12.4. The summed E-state index contributed by atoms with van der Waals surface area (Å²) < 4.78 is 5.28. The van der Waals surface area contributed by atoms with Crippen molar-refractivity contribution in [2.24, 2.45) is 5.92 Å². The lowest BCUT2D eigenvalue weighted by atomic mass is 9.96. The number of carbonyl (C=O) groups is 1. The Morgan fingerprint density at radius 1 is 1.30 bits per heavy atom. The molecule has 1 aliphatic heterocycles. The first-order valence-electron chi connectivity index (χ1n) is 9.31. The average Bonchev–Trinajstić information content (AvgIpc) is 3.25. The van der Waals surface area contributed by atoms with Crippen LogP contribution in [0.2, 0.25) is 0 Å². The van der Waals surface area contributed by atoms with E-state index in [-0.39, 0.29) is 18.4 Å². The first-order chi connectivity index (χ1) is 13.1. The van der Waals surface area contributed by atoms with Gasteiger partial charge in [-0.05, 0) is 50.6 Å². The van der Waals surface area contributed by atoms with Gasteiger partial charge in [0.15, 0.2) is 0 Å². The summed E-state index contributed by atoms with van der Waals surface area (Å²) in [5.74, 6) is 2.02. The SMILES string of the molecule is Cc1ccc2nc(CN3CCC(C(=O)NCc4nnc(C)o4)CC3)[nH]c2c1. The molecular weight excluding hydrogens is 344 g/mol. The lowest BCUT2D eigenvalue weighted by Crippen LogP contribution is -2.40. The van der Waals surface area contributed by atoms with Crippen molar-refractivity contribution in [3.05, 3.63) is 41.4 Å². The standard InChI is InChI=1S/C19H24N6O2/c1-12-3-4-15-16(9-12)22-17(21-15)11-25-7-5-14(6-8-25)19(26)20-10-18-24-23-13(2)27-18/h3-4,9,14H,5-8,10-11H2,1-2H3,(H,20,26)(H,21,22). The fraction of sp³-hybridized carbons (Fsp3) is 0.474. The van der Waals surface area contributed by atoms with E-state index in [1.807, 2.05) is 6.07 Å². The minimum Gasteiger partial charge on any atom is -0.424 e. The summed E-state index contributed by atoms with van der Waals surface area (Å²) in [5, 5.41) is 10.6. The van der Waals surface area contributed by atoms with E-state index < -0.39 is 0 Å². The number of hydrogen-bond acceptors (Lipinski definition) is 6. The molecule has 3 aromatic rings. The second-order valence-electron chi connectivity index (χ2n) is 7.19. The molecule has 0 atom stereocenters. The summed E-state index contributed by atoms with van der Waals surface area (Å²) in [6, 6.07) is 6.24. The summed E-state index contributed by atoms with van der Waals surface area (Å²) in [4.78, 5) is 22.8. The molecule has 1 aliphatic rings. The molecule has 1 aromatic carbocycles. The van der Waals surface area contributed by atoms with Crippen molar-refractivity contribution in [3.8, 4) is 0 Å². The van der Waals surface area contributed by atoms with Crippen LogP contribution in [0.5, 0.6) is 0 Å². The zero-order chi connectivity index (χ0) is 18.8. The number of benzene rings is 1. The third-order valence-corrected chi connectivity index (χ3v) is 5.00. The Labute approximate surface area is 157 Å². The van der Waals surface area contributed by atoms with E-state index >= 15 is 0 Å². The van der Waals surface area contributed by atoms with Gasteiger partial charge in [-0.3, -0.25) is 9.69 Å². The van der Waals surface area contributed by atoms with Crippen molar-refractivity contribution < 1.29 is 9.21 Å². The van der Waals surface area contributed by atoms with Gasteiger partial charge < -0.3 is 14.7 Å². The Kier molecular flexibility index (Phi) is 4.89. The minimum absolute atomic E-state index is 0.0311. The van der Waals surface area contributed by atoms with Gasteiger partial charge in [-0.25, -0.2) is 4.98 Å². The van der Waals surface area contributed by atoms with Crippen molar-refractivity contribution in [2.45, 2.75) is 39.8 Å². The lowest BCUT2D eigenvalue weighted by molar-refractivity contribution is -0.126. The maximum absolute atomic E-state index is 12.4. The predicted molar refractivity (Wildman–Crippen MR) is 99.7 cm³/mol. The van der Waals surface area contributed by atoms with Gasteiger partial charge in [-0.1, -0.05) is 6.07 Å². The molecule has 0 bridgehead atoms. The van der Waals surface area contributed by atoms with Crippen LogP contribution in [0.3, 0.4) is 0 Å². The Morgan fingerprint density at radius 2 is 2.11 bits per heavy atom. The molecule has 1 saturated heterocycles. The number of amides is 1. The summed E-state index contributed by atoms with van der Waals surface area (Å²) in [5.41, 5.74) is 3.30. The highest BCUT2D eigenvalue weighted by molar-refractivity contribution is 5.78. The number of aromatic nitrogens is 4. The van der Waals surface area contributed by atoms with Crippen molar-refractivity contribution in [2.75, 3.05) is 13.1 Å². The van der Waals surface area contributed by atoms with E-state index in [1.54, 1.807) is 6.92 Å². The van der Waals surface area contributed by atoms with Crippen LogP contribution in [0.1, 0.15) is 36.0 Å². The number of nitrogens with one attached hydrogen (secondary N) is 2. The number of imidazole rings is 1. The molecular formula is C19H24N6O2. The van der Waals surface area contributed by atoms with Crippen molar-refractivity contribution in [3.63, 3.8) is 0 Å². The molecule has 8 heteroatoms. The number of aryl methyl sites for hydroxylation is 2. The van der Waals surface area contributed by atoms with E-state index in [4.69, 9.17) is 4.42 Å². The van der Waals surface area contributed by atoms with Gasteiger partial charge in [0.2, 0.25) is 17.7 Å². The van der Waals surface area contributed by atoms with Gasteiger partial charge in [0, 0.05) is 12.8 Å². The highest BCUT2D eigenvalue weighted by atomic mass is 16.4. The molecule has 142 valence electrons. The quantitative estimate of drug-likeness (QED) is 0.715. The number of piperidine rings is 1. The second kappa shape index (κ2) is 7.48. The van der Waals surface area contributed by atoms with Crippen LogP contribution >= 0.6 is 0 Å². The number of nitrogens with zero attached hydrogens (tertiary/aromatic N) is 4. The van der Waals surface area contributed by atoms with E-state index in [0.717, 1.165) is 49.3 Å². The highest BCUT2D eigenvalue weighted by Crippen LogP contribution is 2.20. The van der Waals surface area contributed by atoms with Gasteiger partial charge in [0.05, 0.1) is 24.1 Å². The fourth-order valence-electron chi connectivity index (χ4n) is 3.53. The maximum Gasteiger partial charge on any atom is 0.235 e. The first kappa shape index (κ1) is 17.7. The molecule has 0 spiro atoms. The summed E-state index contributed by atoms with van der Waals surface area (Å²) >= 11 is 0. The molecule has 4 rings (SSSR count). The predicted octanol–water partition coefficient (Wildman–Crippen LogP) is 2.09. The third kappa shape index (κ3) is 4.16. The molecule has 1 amide bonds. The van der Waals surface area contributed by atoms with Crippen LogP contribution in [0.15, 0.2) is 22.6 Å². The first-order valence-corrected chi connectivity index (χ1v) is 9.31. The zero-order valence-corrected chi connectivity index (χ0v) is 15.7. The second-order valence-corrected chi connectivity index (χ2v) is 7.19. The molecule has 27 heavy (non-hydrogen) atoms. The molecule has 0 aliphatic carbocycles. The molecule has 0 radical (unpaired) electrons. The third-order valence-electron chi connectivity index (χ3n) is 5.00.